The lowest BCUT2D eigenvalue weighted by molar-refractivity contribution is -0.137. The molecule has 0 aliphatic carbocycles. The minimum Gasteiger partial charge on any atom is -0.373 e. The number of hydrogen-bond donors (Lipinski definition) is 0. The number of rotatable bonds is 4. The van der Waals surface area contributed by atoms with E-state index in [9.17, 15) is 13.2 Å². The molecule has 0 radical (unpaired) electrons. The molecule has 88 valence electrons. The van der Waals surface area contributed by atoms with E-state index in [-0.39, 0.29) is 23.9 Å². The predicted octanol–water partition coefficient (Wildman–Crippen LogP) is 3.46. The maximum absolute atomic E-state index is 12.3. The Hall–Kier alpha value is -1.07. The lowest BCUT2D eigenvalue weighted by Crippen LogP contribution is -2.07. The minimum absolute atomic E-state index is 0.0112. The quantitative estimate of drug-likeness (QED) is 0.464. The van der Waals surface area contributed by atoms with Gasteiger partial charge in [-0.25, -0.2) is 4.98 Å². The fourth-order valence-electron chi connectivity index (χ4n) is 1.00. The van der Waals surface area contributed by atoms with Crippen molar-refractivity contribution in [3.63, 3.8) is 0 Å². The third-order valence-corrected chi connectivity index (χ3v) is 2.07. The van der Waals surface area contributed by atoms with Crippen LogP contribution in [0.1, 0.15) is 11.1 Å². The molecule has 0 saturated heterocycles. The number of aromatic nitrogens is 1. The van der Waals surface area contributed by atoms with Gasteiger partial charge in [0.25, 0.3) is 0 Å². The lowest BCUT2D eigenvalue weighted by Gasteiger charge is -2.09. The predicted molar refractivity (Wildman–Crippen MR) is 54.1 cm³/mol. The standard InChI is InChI=1S/C10H9ClF3NO/c1-2-3-16-6-7-4-8(10(12,13)14)5-15-9(7)11/h2,4-5H,1,3,6H2. The smallest absolute Gasteiger partial charge is 0.373 e. The number of pyridine rings is 1. The molecule has 0 amide bonds. The van der Waals surface area contributed by atoms with Crippen LogP contribution in [0.25, 0.3) is 0 Å². The summed E-state index contributed by atoms with van der Waals surface area (Å²) in [6.07, 6.45) is -2.24. The highest BCUT2D eigenvalue weighted by Crippen LogP contribution is 2.30. The normalized spacial score (nSPS) is 11.5. The van der Waals surface area contributed by atoms with Gasteiger partial charge in [0.05, 0.1) is 18.8 Å². The maximum atomic E-state index is 12.3. The highest BCUT2D eigenvalue weighted by molar-refractivity contribution is 6.30. The summed E-state index contributed by atoms with van der Waals surface area (Å²) < 4.78 is 42.1. The van der Waals surface area contributed by atoms with Crippen LogP contribution in [0, 0.1) is 0 Å². The number of halogens is 4. The van der Waals surface area contributed by atoms with Gasteiger partial charge in [-0.3, -0.25) is 0 Å². The van der Waals surface area contributed by atoms with Crippen LogP contribution in [0.3, 0.4) is 0 Å². The second-order valence-corrected chi connectivity index (χ2v) is 3.33. The number of alkyl halides is 3. The first-order valence-electron chi connectivity index (χ1n) is 4.35. The summed E-state index contributed by atoms with van der Waals surface area (Å²) in [5.41, 5.74) is -0.632. The van der Waals surface area contributed by atoms with Crippen molar-refractivity contribution < 1.29 is 17.9 Å². The second-order valence-electron chi connectivity index (χ2n) is 2.98. The SMILES string of the molecule is C=CCOCc1cc(C(F)(F)F)cnc1Cl. The van der Waals surface area contributed by atoms with Crippen LogP contribution in [0.5, 0.6) is 0 Å². The van der Waals surface area contributed by atoms with Gasteiger partial charge in [0.15, 0.2) is 0 Å². The van der Waals surface area contributed by atoms with Gasteiger partial charge in [-0.15, -0.1) is 6.58 Å². The molecule has 1 aromatic rings. The molecule has 0 aliphatic heterocycles. The van der Waals surface area contributed by atoms with E-state index in [0.29, 0.717) is 6.20 Å². The molecule has 1 rings (SSSR count). The van der Waals surface area contributed by atoms with E-state index >= 15 is 0 Å². The Labute approximate surface area is 95.7 Å². The summed E-state index contributed by atoms with van der Waals surface area (Å²) in [7, 11) is 0. The van der Waals surface area contributed by atoms with Gasteiger partial charge in [-0.1, -0.05) is 17.7 Å². The molecule has 0 aliphatic rings. The molecule has 0 bridgehead atoms. The van der Waals surface area contributed by atoms with Crippen molar-refractivity contribution in [1.29, 1.82) is 0 Å². The molecule has 0 fully saturated rings. The molecule has 0 spiro atoms. The van der Waals surface area contributed by atoms with E-state index in [4.69, 9.17) is 16.3 Å². The zero-order valence-corrected chi connectivity index (χ0v) is 8.98. The van der Waals surface area contributed by atoms with E-state index in [2.05, 4.69) is 11.6 Å². The zero-order valence-electron chi connectivity index (χ0n) is 8.22. The average molecular weight is 252 g/mol. The highest BCUT2D eigenvalue weighted by atomic mass is 35.5. The molecule has 0 saturated carbocycles. The molecule has 1 heterocycles. The summed E-state index contributed by atoms with van der Waals surface area (Å²) in [5.74, 6) is 0. The molecule has 1 aromatic heterocycles. The first kappa shape index (κ1) is 13.0. The van der Waals surface area contributed by atoms with Gasteiger partial charge < -0.3 is 4.74 Å². The lowest BCUT2D eigenvalue weighted by atomic mass is 10.2. The Morgan fingerprint density at radius 1 is 1.50 bits per heavy atom. The van der Waals surface area contributed by atoms with Crippen LogP contribution in [0.2, 0.25) is 5.15 Å². The molecule has 2 nitrogen and oxygen atoms in total. The Balaban J connectivity index is 2.86. The van der Waals surface area contributed by atoms with Crippen molar-refractivity contribution in [3.05, 3.63) is 41.2 Å². The summed E-state index contributed by atoms with van der Waals surface area (Å²) >= 11 is 5.64. The first-order valence-corrected chi connectivity index (χ1v) is 4.73. The Morgan fingerprint density at radius 3 is 2.75 bits per heavy atom. The van der Waals surface area contributed by atoms with Crippen molar-refractivity contribution >= 4 is 11.6 Å². The van der Waals surface area contributed by atoms with E-state index in [0.717, 1.165) is 6.07 Å². The third-order valence-electron chi connectivity index (χ3n) is 1.73. The minimum atomic E-state index is -4.43. The molecule has 0 aromatic carbocycles. The average Bonchev–Trinajstić information content (AvgIpc) is 2.19. The van der Waals surface area contributed by atoms with Crippen LogP contribution in [-0.2, 0) is 17.5 Å². The van der Waals surface area contributed by atoms with Crippen LogP contribution in [0.15, 0.2) is 24.9 Å². The van der Waals surface area contributed by atoms with Gasteiger partial charge in [-0.2, -0.15) is 13.2 Å². The molecular weight excluding hydrogens is 243 g/mol. The molecular formula is C10H9ClF3NO. The van der Waals surface area contributed by atoms with Gasteiger partial charge in [0.1, 0.15) is 5.15 Å². The van der Waals surface area contributed by atoms with Crippen molar-refractivity contribution in [3.8, 4) is 0 Å². The van der Waals surface area contributed by atoms with E-state index < -0.39 is 11.7 Å². The Morgan fingerprint density at radius 2 is 2.19 bits per heavy atom. The number of hydrogen-bond acceptors (Lipinski definition) is 2. The molecule has 0 unspecified atom stereocenters. The number of nitrogens with zero attached hydrogens (tertiary/aromatic N) is 1. The zero-order chi connectivity index (χ0) is 12.2. The Bertz CT molecular complexity index is 379. The van der Waals surface area contributed by atoms with Crippen LogP contribution in [0.4, 0.5) is 13.2 Å². The van der Waals surface area contributed by atoms with Crippen molar-refractivity contribution in [2.45, 2.75) is 12.8 Å². The van der Waals surface area contributed by atoms with Gasteiger partial charge in [0.2, 0.25) is 0 Å². The summed E-state index contributed by atoms with van der Waals surface area (Å²) in [6.45, 7) is 3.63. The fraction of sp³-hybridized carbons (Fsp3) is 0.300. The van der Waals surface area contributed by atoms with Crippen molar-refractivity contribution in [2.24, 2.45) is 0 Å². The van der Waals surface area contributed by atoms with Gasteiger partial charge >= 0.3 is 6.18 Å². The van der Waals surface area contributed by atoms with E-state index in [1.165, 1.54) is 6.08 Å². The van der Waals surface area contributed by atoms with Crippen LogP contribution < -0.4 is 0 Å². The topological polar surface area (TPSA) is 22.1 Å². The monoisotopic (exact) mass is 251 g/mol. The molecule has 6 heteroatoms. The molecule has 0 atom stereocenters. The maximum Gasteiger partial charge on any atom is 0.417 e. The number of ether oxygens (including phenoxy) is 1. The Kier molecular flexibility index (Phi) is 4.32. The van der Waals surface area contributed by atoms with E-state index in [1.807, 2.05) is 0 Å². The summed E-state index contributed by atoms with van der Waals surface area (Å²) in [4.78, 5) is 3.46. The first-order chi connectivity index (χ1) is 7.45. The third kappa shape index (κ3) is 3.50. The summed E-state index contributed by atoms with van der Waals surface area (Å²) in [6, 6.07) is 0.929. The second kappa shape index (κ2) is 5.32. The van der Waals surface area contributed by atoms with Gasteiger partial charge in [-0.05, 0) is 6.07 Å². The van der Waals surface area contributed by atoms with Crippen molar-refractivity contribution in [2.75, 3.05) is 6.61 Å². The van der Waals surface area contributed by atoms with E-state index in [1.54, 1.807) is 0 Å². The summed E-state index contributed by atoms with van der Waals surface area (Å²) in [5, 5.41) is 0.0112. The van der Waals surface area contributed by atoms with Crippen LogP contribution in [-0.4, -0.2) is 11.6 Å². The fourth-order valence-corrected chi connectivity index (χ4v) is 1.16. The molecule has 16 heavy (non-hydrogen) atoms. The van der Waals surface area contributed by atoms with Crippen molar-refractivity contribution in [1.82, 2.24) is 4.98 Å². The van der Waals surface area contributed by atoms with Gasteiger partial charge in [0, 0.05) is 11.8 Å². The highest BCUT2D eigenvalue weighted by Gasteiger charge is 2.31. The van der Waals surface area contributed by atoms with Crippen LogP contribution >= 0.6 is 11.6 Å². The largest absolute Gasteiger partial charge is 0.417 e. The molecule has 0 N–H and O–H groups in total.